The molecule has 0 amide bonds. The molecule has 4 aliphatic rings. The lowest BCUT2D eigenvalue weighted by Crippen LogP contribution is -2.52. The molecule has 5 rings (SSSR count). The fourth-order valence-electron chi connectivity index (χ4n) is 8.76. The summed E-state index contributed by atoms with van der Waals surface area (Å²) in [6.45, 7) is 17.3. The topological polar surface area (TPSA) is 58.9 Å². The molecule has 0 bridgehead atoms. The molecule has 1 aromatic rings. The number of rotatable bonds is 4. The standard InChI is InChI=1S/C24H38N2O2.3C2H6/c1-23-14-4-3-6-16(23)9-11-18-19-12-10-17(24(19,2)15-13-20(18)23)7-5-8-21-25-22(27)28-26-21;3*1-2/h16-20H,3-15H2,1-2H3,(H,25,26,27);3*1-2H3. The fourth-order valence-corrected chi connectivity index (χ4v) is 8.76. The van der Waals surface area contributed by atoms with Crippen LogP contribution >= 0.6 is 0 Å². The van der Waals surface area contributed by atoms with Crippen molar-refractivity contribution in [3.8, 4) is 0 Å². The summed E-state index contributed by atoms with van der Waals surface area (Å²) in [6.07, 6.45) is 18.0. The Kier molecular flexibility index (Phi) is 11.4. The first-order valence-corrected chi connectivity index (χ1v) is 15.1. The first kappa shape index (κ1) is 29.2. The van der Waals surface area contributed by atoms with E-state index in [0.717, 1.165) is 48.3 Å². The van der Waals surface area contributed by atoms with Gasteiger partial charge in [-0.15, -0.1) is 0 Å². The van der Waals surface area contributed by atoms with Gasteiger partial charge in [0.1, 0.15) is 0 Å². The highest BCUT2D eigenvalue weighted by molar-refractivity contribution is 5.08. The van der Waals surface area contributed by atoms with E-state index in [1.54, 1.807) is 0 Å². The Morgan fingerprint density at radius 1 is 0.853 bits per heavy atom. The molecule has 0 saturated heterocycles. The van der Waals surface area contributed by atoms with E-state index in [0.29, 0.717) is 10.8 Å². The number of aromatic amines is 1. The molecule has 4 nitrogen and oxygen atoms in total. The van der Waals surface area contributed by atoms with Crippen molar-refractivity contribution in [1.29, 1.82) is 0 Å². The van der Waals surface area contributed by atoms with Crippen molar-refractivity contribution in [3.05, 3.63) is 16.4 Å². The van der Waals surface area contributed by atoms with E-state index in [-0.39, 0.29) is 0 Å². The third-order valence-electron chi connectivity index (χ3n) is 10.2. The fraction of sp³-hybridized carbons (Fsp3) is 0.933. The van der Waals surface area contributed by atoms with Crippen molar-refractivity contribution in [1.82, 2.24) is 10.1 Å². The summed E-state index contributed by atoms with van der Waals surface area (Å²) in [7, 11) is 0. The van der Waals surface area contributed by atoms with Crippen molar-refractivity contribution in [2.24, 2.45) is 40.4 Å². The number of hydrogen-bond acceptors (Lipinski definition) is 3. The number of fused-ring (bicyclic) bond motifs is 5. The summed E-state index contributed by atoms with van der Waals surface area (Å²) in [4.78, 5) is 13.8. The maximum absolute atomic E-state index is 11.1. The van der Waals surface area contributed by atoms with Crippen LogP contribution in [0.3, 0.4) is 0 Å². The molecule has 0 spiro atoms. The van der Waals surface area contributed by atoms with Gasteiger partial charge < -0.3 is 0 Å². The molecule has 1 aromatic heterocycles. The molecule has 0 radical (unpaired) electrons. The van der Waals surface area contributed by atoms with E-state index in [9.17, 15) is 4.79 Å². The van der Waals surface area contributed by atoms with Gasteiger partial charge in [0.05, 0.1) is 0 Å². The maximum Gasteiger partial charge on any atom is 0.438 e. The summed E-state index contributed by atoms with van der Waals surface area (Å²) in [6, 6.07) is 0. The van der Waals surface area contributed by atoms with Gasteiger partial charge in [0.25, 0.3) is 0 Å². The van der Waals surface area contributed by atoms with Gasteiger partial charge in [-0.05, 0) is 105 Å². The number of nitrogens with zero attached hydrogens (tertiary/aromatic N) is 1. The molecule has 198 valence electrons. The molecule has 1 N–H and O–H groups in total. The minimum atomic E-state index is -0.423. The highest BCUT2D eigenvalue weighted by Gasteiger charge is 2.59. The van der Waals surface area contributed by atoms with Crippen LogP contribution in [0, 0.1) is 40.4 Å². The Morgan fingerprint density at radius 3 is 2.24 bits per heavy atom. The predicted octanol–water partition coefficient (Wildman–Crippen LogP) is 8.81. The van der Waals surface area contributed by atoms with Gasteiger partial charge in [-0.1, -0.05) is 73.4 Å². The van der Waals surface area contributed by atoms with E-state index in [2.05, 4.69) is 28.5 Å². The molecule has 4 aliphatic carbocycles. The van der Waals surface area contributed by atoms with Gasteiger partial charge in [-0.3, -0.25) is 9.51 Å². The monoisotopic (exact) mass is 476 g/mol. The van der Waals surface area contributed by atoms with Crippen molar-refractivity contribution in [2.45, 2.75) is 139 Å². The second kappa shape index (κ2) is 13.3. The van der Waals surface area contributed by atoms with Crippen LogP contribution in [0.4, 0.5) is 0 Å². The van der Waals surface area contributed by atoms with E-state index in [4.69, 9.17) is 0 Å². The number of aromatic nitrogens is 2. The lowest BCUT2D eigenvalue weighted by Gasteiger charge is -2.60. The van der Waals surface area contributed by atoms with Gasteiger partial charge in [-0.2, -0.15) is 0 Å². The lowest BCUT2D eigenvalue weighted by molar-refractivity contribution is -0.111. The highest BCUT2D eigenvalue weighted by Crippen LogP contribution is 2.67. The van der Waals surface area contributed by atoms with Crippen LogP contribution in [-0.4, -0.2) is 10.1 Å². The normalized spacial score (nSPS) is 37.8. The second-order valence-corrected chi connectivity index (χ2v) is 11.2. The molecule has 4 saturated carbocycles. The maximum atomic E-state index is 11.1. The first-order valence-electron chi connectivity index (χ1n) is 15.1. The van der Waals surface area contributed by atoms with Crippen LogP contribution in [0.2, 0.25) is 0 Å². The van der Waals surface area contributed by atoms with Crippen LogP contribution in [-0.2, 0) is 6.42 Å². The zero-order chi connectivity index (χ0) is 25.4. The second-order valence-electron chi connectivity index (χ2n) is 11.2. The Morgan fingerprint density at radius 2 is 1.56 bits per heavy atom. The third kappa shape index (κ3) is 5.67. The average Bonchev–Trinajstić information content (AvgIpc) is 3.45. The van der Waals surface area contributed by atoms with Crippen molar-refractivity contribution >= 4 is 0 Å². The van der Waals surface area contributed by atoms with Crippen LogP contribution in [0.25, 0.3) is 0 Å². The molecule has 34 heavy (non-hydrogen) atoms. The largest absolute Gasteiger partial charge is 0.438 e. The lowest BCUT2D eigenvalue weighted by atomic mass is 9.45. The third-order valence-corrected chi connectivity index (χ3v) is 10.2. The van der Waals surface area contributed by atoms with E-state index in [1.165, 1.54) is 70.6 Å². The van der Waals surface area contributed by atoms with Crippen molar-refractivity contribution < 1.29 is 4.52 Å². The van der Waals surface area contributed by atoms with E-state index >= 15 is 0 Å². The zero-order valence-electron chi connectivity index (χ0n) is 23.8. The van der Waals surface area contributed by atoms with Crippen LogP contribution in [0.5, 0.6) is 0 Å². The van der Waals surface area contributed by atoms with E-state index in [1.807, 2.05) is 41.5 Å². The Balaban J connectivity index is 0.000000633. The van der Waals surface area contributed by atoms with Gasteiger partial charge in [0, 0.05) is 6.42 Å². The Labute approximate surface area is 210 Å². The SMILES string of the molecule is CC.CC.CC.CC12CCCCC1CCC1C2CCC2(C)C(CCCc3noc(=O)[nH]3)CCC12. The zero-order valence-corrected chi connectivity index (χ0v) is 23.8. The molecule has 1 heterocycles. The molecule has 4 fully saturated rings. The number of H-pyrrole nitrogens is 1. The Bertz CT molecular complexity index is 755. The van der Waals surface area contributed by atoms with Gasteiger partial charge in [0.15, 0.2) is 5.82 Å². The number of nitrogens with one attached hydrogen (secondary N) is 1. The quantitative estimate of drug-likeness (QED) is 0.472. The predicted molar refractivity (Wildman–Crippen MR) is 144 cm³/mol. The molecule has 0 aliphatic heterocycles. The summed E-state index contributed by atoms with van der Waals surface area (Å²) < 4.78 is 4.64. The molecular weight excluding hydrogens is 420 g/mol. The smallest absolute Gasteiger partial charge is 0.296 e. The van der Waals surface area contributed by atoms with E-state index < -0.39 is 5.76 Å². The Hall–Kier alpha value is -1.06. The van der Waals surface area contributed by atoms with Crippen LogP contribution < -0.4 is 5.76 Å². The summed E-state index contributed by atoms with van der Waals surface area (Å²) >= 11 is 0. The van der Waals surface area contributed by atoms with Crippen molar-refractivity contribution in [3.63, 3.8) is 0 Å². The minimum Gasteiger partial charge on any atom is -0.296 e. The van der Waals surface area contributed by atoms with Crippen LogP contribution in [0.1, 0.15) is 138 Å². The summed E-state index contributed by atoms with van der Waals surface area (Å²) in [5.41, 5.74) is 1.20. The summed E-state index contributed by atoms with van der Waals surface area (Å²) in [5, 5.41) is 3.84. The van der Waals surface area contributed by atoms with Crippen LogP contribution in [0.15, 0.2) is 9.32 Å². The molecule has 7 atom stereocenters. The van der Waals surface area contributed by atoms with Gasteiger partial charge in [0.2, 0.25) is 0 Å². The average molecular weight is 477 g/mol. The number of hydrogen-bond donors (Lipinski definition) is 1. The summed E-state index contributed by atoms with van der Waals surface area (Å²) in [5.74, 6) is 5.13. The molecular formula is C30H56N2O2. The van der Waals surface area contributed by atoms with Crippen molar-refractivity contribution in [2.75, 3.05) is 0 Å². The van der Waals surface area contributed by atoms with Gasteiger partial charge in [-0.25, -0.2) is 4.79 Å². The highest BCUT2D eigenvalue weighted by atomic mass is 16.5. The number of aryl methyl sites for hydroxylation is 1. The molecule has 0 aromatic carbocycles. The van der Waals surface area contributed by atoms with Gasteiger partial charge >= 0.3 is 5.76 Å². The molecule has 4 heteroatoms. The molecule has 7 unspecified atom stereocenters. The first-order chi connectivity index (χ1) is 16.5. The minimum absolute atomic E-state index is 0.423.